The van der Waals surface area contributed by atoms with Gasteiger partial charge in [0.1, 0.15) is 12.2 Å². The number of aromatic nitrogens is 2. The number of likely N-dealkylation sites (N-methyl/N-ethyl adjacent to an activating group) is 1. The van der Waals surface area contributed by atoms with Crippen molar-refractivity contribution in [3.63, 3.8) is 0 Å². The molecule has 1 aromatic heterocycles. The molecule has 0 unspecified atom stereocenters. The van der Waals surface area contributed by atoms with Gasteiger partial charge in [0.2, 0.25) is 0 Å². The Labute approximate surface area is 132 Å². The SMILES string of the molecule is CCN(CC(=O)O)C(=O)c1cn(C)nc1-c1ccccc1Cl. The first-order chi connectivity index (χ1) is 10.4. The molecule has 0 saturated heterocycles. The van der Waals surface area contributed by atoms with E-state index in [2.05, 4.69) is 5.10 Å². The third-order valence-electron chi connectivity index (χ3n) is 3.18. The maximum absolute atomic E-state index is 12.6. The lowest BCUT2D eigenvalue weighted by Crippen LogP contribution is -2.35. The van der Waals surface area contributed by atoms with Crippen LogP contribution in [0.15, 0.2) is 30.5 Å². The lowest BCUT2D eigenvalue weighted by atomic mass is 10.1. The molecule has 1 N–H and O–H groups in total. The van der Waals surface area contributed by atoms with Crippen LogP contribution in [0, 0.1) is 0 Å². The van der Waals surface area contributed by atoms with Crippen LogP contribution in [0.1, 0.15) is 17.3 Å². The predicted octanol–water partition coefficient (Wildman–Crippen LogP) is 2.29. The molecule has 2 aromatic rings. The Morgan fingerprint density at radius 2 is 2.05 bits per heavy atom. The highest BCUT2D eigenvalue weighted by molar-refractivity contribution is 6.33. The number of aryl methyl sites for hydroxylation is 1. The summed E-state index contributed by atoms with van der Waals surface area (Å²) in [5.74, 6) is -1.44. The van der Waals surface area contributed by atoms with Crippen LogP contribution in [-0.4, -0.2) is 44.8 Å². The highest BCUT2D eigenvalue weighted by Crippen LogP contribution is 2.29. The smallest absolute Gasteiger partial charge is 0.323 e. The number of carbonyl (C=O) groups is 2. The van der Waals surface area contributed by atoms with Crippen molar-refractivity contribution >= 4 is 23.5 Å². The summed E-state index contributed by atoms with van der Waals surface area (Å²) in [7, 11) is 1.70. The number of carboxylic acid groups (broad SMARTS) is 1. The first-order valence-corrected chi connectivity index (χ1v) is 7.11. The second-order valence-corrected chi connectivity index (χ2v) is 5.17. The molecule has 0 bridgehead atoms. The van der Waals surface area contributed by atoms with Gasteiger partial charge in [0.25, 0.3) is 5.91 Å². The van der Waals surface area contributed by atoms with Gasteiger partial charge >= 0.3 is 5.97 Å². The minimum atomic E-state index is -1.06. The zero-order chi connectivity index (χ0) is 16.3. The van der Waals surface area contributed by atoms with Crippen LogP contribution in [0.2, 0.25) is 5.02 Å². The number of aliphatic carboxylic acids is 1. The molecule has 116 valence electrons. The molecule has 0 aliphatic rings. The van der Waals surface area contributed by atoms with E-state index in [9.17, 15) is 9.59 Å². The molecule has 6 nitrogen and oxygen atoms in total. The normalized spacial score (nSPS) is 10.5. The molecule has 0 saturated carbocycles. The minimum absolute atomic E-state index is 0.294. The first kappa shape index (κ1) is 16.0. The van der Waals surface area contributed by atoms with Gasteiger partial charge in [-0.05, 0) is 13.0 Å². The number of benzene rings is 1. The largest absolute Gasteiger partial charge is 0.480 e. The summed E-state index contributed by atoms with van der Waals surface area (Å²) in [5, 5.41) is 13.7. The van der Waals surface area contributed by atoms with Gasteiger partial charge in [-0.25, -0.2) is 0 Å². The summed E-state index contributed by atoms with van der Waals surface area (Å²) in [6.07, 6.45) is 1.57. The second kappa shape index (κ2) is 6.62. The van der Waals surface area contributed by atoms with E-state index in [0.717, 1.165) is 0 Å². The van der Waals surface area contributed by atoms with Crippen molar-refractivity contribution in [2.24, 2.45) is 7.05 Å². The Bertz CT molecular complexity index is 712. The summed E-state index contributed by atoms with van der Waals surface area (Å²) in [4.78, 5) is 24.7. The number of hydrogen-bond acceptors (Lipinski definition) is 3. The van der Waals surface area contributed by atoms with Crippen LogP contribution in [0.25, 0.3) is 11.3 Å². The minimum Gasteiger partial charge on any atom is -0.480 e. The van der Waals surface area contributed by atoms with E-state index in [1.54, 1.807) is 44.4 Å². The van der Waals surface area contributed by atoms with Gasteiger partial charge in [-0.1, -0.05) is 29.8 Å². The van der Waals surface area contributed by atoms with Crippen LogP contribution >= 0.6 is 11.6 Å². The van der Waals surface area contributed by atoms with Crippen molar-refractivity contribution in [3.05, 3.63) is 41.0 Å². The monoisotopic (exact) mass is 321 g/mol. The first-order valence-electron chi connectivity index (χ1n) is 6.73. The second-order valence-electron chi connectivity index (χ2n) is 4.76. The van der Waals surface area contributed by atoms with E-state index in [1.165, 1.54) is 9.58 Å². The quantitative estimate of drug-likeness (QED) is 0.916. The topological polar surface area (TPSA) is 75.4 Å². The molecule has 0 aliphatic carbocycles. The van der Waals surface area contributed by atoms with Crippen molar-refractivity contribution in [1.82, 2.24) is 14.7 Å². The zero-order valence-corrected chi connectivity index (χ0v) is 13.0. The summed E-state index contributed by atoms with van der Waals surface area (Å²) in [5.41, 5.74) is 1.42. The molecule has 1 amide bonds. The molecule has 1 heterocycles. The number of hydrogen-bond donors (Lipinski definition) is 1. The number of rotatable bonds is 5. The molecule has 0 spiro atoms. The molecule has 1 aromatic carbocycles. The van der Waals surface area contributed by atoms with Crippen LogP contribution in [0.3, 0.4) is 0 Å². The molecule has 0 radical (unpaired) electrons. The fourth-order valence-electron chi connectivity index (χ4n) is 2.16. The molecule has 2 rings (SSSR count). The van der Waals surface area contributed by atoms with Gasteiger partial charge in [0, 0.05) is 25.4 Å². The average molecular weight is 322 g/mol. The van der Waals surface area contributed by atoms with E-state index >= 15 is 0 Å². The highest BCUT2D eigenvalue weighted by atomic mass is 35.5. The molecular formula is C15H16ClN3O3. The van der Waals surface area contributed by atoms with Crippen molar-refractivity contribution in [1.29, 1.82) is 0 Å². The fraction of sp³-hybridized carbons (Fsp3) is 0.267. The summed E-state index contributed by atoms with van der Waals surface area (Å²) in [6.45, 7) is 1.67. The van der Waals surface area contributed by atoms with Gasteiger partial charge < -0.3 is 10.0 Å². The van der Waals surface area contributed by atoms with E-state index < -0.39 is 5.97 Å². The molecule has 0 aliphatic heterocycles. The van der Waals surface area contributed by atoms with Crippen molar-refractivity contribution in [2.45, 2.75) is 6.92 Å². The molecule has 0 fully saturated rings. The van der Waals surface area contributed by atoms with Gasteiger partial charge in [0.15, 0.2) is 0 Å². The molecular weight excluding hydrogens is 306 g/mol. The maximum Gasteiger partial charge on any atom is 0.323 e. The van der Waals surface area contributed by atoms with Crippen LogP contribution < -0.4 is 0 Å². The predicted molar refractivity (Wildman–Crippen MR) is 82.9 cm³/mol. The highest BCUT2D eigenvalue weighted by Gasteiger charge is 2.24. The Kier molecular flexibility index (Phi) is 4.82. The number of nitrogens with zero attached hydrogens (tertiary/aromatic N) is 3. The third-order valence-corrected chi connectivity index (χ3v) is 3.51. The third kappa shape index (κ3) is 3.28. The van der Waals surface area contributed by atoms with Crippen LogP contribution in [0.4, 0.5) is 0 Å². The van der Waals surface area contributed by atoms with E-state index in [0.29, 0.717) is 28.4 Å². The summed E-state index contributed by atoms with van der Waals surface area (Å²) >= 11 is 6.17. The summed E-state index contributed by atoms with van der Waals surface area (Å²) < 4.78 is 1.51. The Hall–Kier alpha value is -2.34. The number of carbonyl (C=O) groups excluding carboxylic acids is 1. The Balaban J connectivity index is 2.46. The standard InChI is InChI=1S/C15H16ClN3O3/c1-3-19(9-13(20)21)15(22)11-8-18(2)17-14(11)10-6-4-5-7-12(10)16/h4-8H,3,9H2,1-2H3,(H,20,21). The maximum atomic E-state index is 12.6. The average Bonchev–Trinajstić information content (AvgIpc) is 2.86. The fourth-order valence-corrected chi connectivity index (χ4v) is 2.38. The van der Waals surface area contributed by atoms with Crippen molar-refractivity contribution < 1.29 is 14.7 Å². The number of carboxylic acids is 1. The van der Waals surface area contributed by atoms with Gasteiger partial charge in [-0.2, -0.15) is 5.10 Å². The van der Waals surface area contributed by atoms with Crippen molar-refractivity contribution in [2.75, 3.05) is 13.1 Å². The van der Waals surface area contributed by atoms with Gasteiger partial charge in [-0.3, -0.25) is 14.3 Å². The lowest BCUT2D eigenvalue weighted by Gasteiger charge is -2.18. The molecule has 0 atom stereocenters. The van der Waals surface area contributed by atoms with Gasteiger partial charge in [0.05, 0.1) is 10.6 Å². The van der Waals surface area contributed by atoms with E-state index in [4.69, 9.17) is 16.7 Å². The van der Waals surface area contributed by atoms with E-state index in [1.807, 2.05) is 0 Å². The Morgan fingerprint density at radius 1 is 1.36 bits per heavy atom. The van der Waals surface area contributed by atoms with Crippen molar-refractivity contribution in [3.8, 4) is 11.3 Å². The zero-order valence-electron chi connectivity index (χ0n) is 12.3. The molecule has 7 heteroatoms. The lowest BCUT2D eigenvalue weighted by molar-refractivity contribution is -0.137. The van der Waals surface area contributed by atoms with Gasteiger partial charge in [-0.15, -0.1) is 0 Å². The Morgan fingerprint density at radius 3 is 2.64 bits per heavy atom. The van der Waals surface area contributed by atoms with Crippen LogP contribution in [0.5, 0.6) is 0 Å². The molecule has 22 heavy (non-hydrogen) atoms. The summed E-state index contributed by atoms with van der Waals surface area (Å²) in [6, 6.07) is 7.08. The number of halogens is 1. The number of amides is 1. The van der Waals surface area contributed by atoms with E-state index in [-0.39, 0.29) is 12.5 Å². The van der Waals surface area contributed by atoms with Crippen LogP contribution in [-0.2, 0) is 11.8 Å².